The highest BCUT2D eigenvalue weighted by molar-refractivity contribution is 6.30. The third-order valence-electron chi connectivity index (χ3n) is 3.97. The molecule has 1 N–H and O–H groups in total. The van der Waals surface area contributed by atoms with Gasteiger partial charge in [-0.05, 0) is 19.1 Å². The molecule has 13 heteroatoms. The number of halogens is 4. The number of nitrogens with zero attached hydrogens (tertiary/aromatic N) is 4. The van der Waals surface area contributed by atoms with Crippen molar-refractivity contribution < 1.29 is 37.4 Å². The second-order valence-corrected chi connectivity index (χ2v) is 6.46. The molecule has 30 heavy (non-hydrogen) atoms. The lowest BCUT2D eigenvalue weighted by molar-refractivity contribution is -0.192. The van der Waals surface area contributed by atoms with Crippen LogP contribution in [0, 0.1) is 0 Å². The van der Waals surface area contributed by atoms with Crippen molar-refractivity contribution >= 4 is 35.2 Å². The number of piperazine rings is 1. The summed E-state index contributed by atoms with van der Waals surface area (Å²) < 4.78 is 38.4. The Labute approximate surface area is 173 Å². The normalized spacial score (nSPS) is 14.2. The number of ether oxygens (including phenoxy) is 1. The van der Waals surface area contributed by atoms with Gasteiger partial charge in [-0.3, -0.25) is 4.79 Å². The van der Waals surface area contributed by atoms with Crippen molar-refractivity contribution in [3.05, 3.63) is 35.2 Å². The molecule has 2 aromatic heterocycles. The maximum Gasteiger partial charge on any atom is 0.490 e. The Morgan fingerprint density at radius 2 is 1.70 bits per heavy atom. The predicted octanol–water partition coefficient (Wildman–Crippen LogP) is 2.54. The summed E-state index contributed by atoms with van der Waals surface area (Å²) >= 11 is 5.93. The number of carbonyl (C=O) groups is 3. The van der Waals surface area contributed by atoms with Crippen LogP contribution in [-0.4, -0.2) is 81.2 Å². The molecule has 0 aromatic carbocycles. The fourth-order valence-corrected chi connectivity index (χ4v) is 2.70. The number of pyridine rings is 1. The molecule has 1 aliphatic rings. The van der Waals surface area contributed by atoms with Crippen LogP contribution in [0.5, 0.6) is 0 Å². The average molecular weight is 451 g/mol. The molecular weight excluding hydrogens is 433 g/mol. The minimum Gasteiger partial charge on any atom is -0.475 e. The maximum atomic E-state index is 12.5. The summed E-state index contributed by atoms with van der Waals surface area (Å²) in [5, 5.41) is 7.71. The second kappa shape index (κ2) is 9.65. The van der Waals surface area contributed by atoms with Crippen molar-refractivity contribution in [1.29, 1.82) is 0 Å². The lowest BCUT2D eigenvalue weighted by atomic mass is 10.3. The number of carbonyl (C=O) groups excluding carboxylic acids is 2. The smallest absolute Gasteiger partial charge is 0.475 e. The number of hydrogen-bond donors (Lipinski definition) is 1. The minimum absolute atomic E-state index is 0.145. The first-order chi connectivity index (χ1) is 14.0. The van der Waals surface area contributed by atoms with Gasteiger partial charge in [-0.15, -0.1) is 0 Å². The molecule has 0 spiro atoms. The molecule has 3 rings (SSSR count). The number of aliphatic carboxylic acids is 1. The van der Waals surface area contributed by atoms with Crippen LogP contribution in [-0.2, 0) is 9.53 Å². The first-order valence-corrected chi connectivity index (χ1v) is 9.06. The molecule has 2 aromatic rings. The van der Waals surface area contributed by atoms with Gasteiger partial charge in [0.15, 0.2) is 0 Å². The largest absolute Gasteiger partial charge is 0.490 e. The van der Waals surface area contributed by atoms with E-state index >= 15 is 0 Å². The molecule has 2 amide bonds. The first kappa shape index (κ1) is 23.3. The monoisotopic (exact) mass is 450 g/mol. The molecular formula is C17H18ClF3N4O5. The van der Waals surface area contributed by atoms with Crippen LogP contribution >= 0.6 is 11.6 Å². The number of imidazole rings is 1. The standard InChI is InChI=1S/C15H17ClN4O3.C2HF3O2/c1-2-23-15(22)19-7-5-18(6-8-19)14(21)12-10-20-9-11(16)3-4-13(20)17-12;3-2(4,5)1(6)7/h3-4,9-10H,2,5-8H2,1H3;(H,6,7). The SMILES string of the molecule is CCOC(=O)N1CCN(C(=O)c2cn3cc(Cl)ccc3n2)CC1.O=C(O)C(F)(F)F. The predicted molar refractivity (Wildman–Crippen MR) is 98.4 cm³/mol. The number of amides is 2. The van der Waals surface area contributed by atoms with Gasteiger partial charge in [0.2, 0.25) is 0 Å². The van der Waals surface area contributed by atoms with Crippen molar-refractivity contribution in [2.75, 3.05) is 32.8 Å². The zero-order valence-corrected chi connectivity index (χ0v) is 16.5. The van der Waals surface area contributed by atoms with Crippen molar-refractivity contribution in [1.82, 2.24) is 19.2 Å². The molecule has 0 unspecified atom stereocenters. The van der Waals surface area contributed by atoms with E-state index in [9.17, 15) is 22.8 Å². The quantitative estimate of drug-likeness (QED) is 0.754. The number of rotatable bonds is 2. The molecule has 3 heterocycles. The summed E-state index contributed by atoms with van der Waals surface area (Å²) in [6.45, 7) is 3.97. The van der Waals surface area contributed by atoms with E-state index in [0.29, 0.717) is 49.1 Å². The van der Waals surface area contributed by atoms with Crippen LogP contribution in [0.1, 0.15) is 17.4 Å². The van der Waals surface area contributed by atoms with Crippen LogP contribution < -0.4 is 0 Å². The summed E-state index contributed by atoms with van der Waals surface area (Å²) in [7, 11) is 0. The van der Waals surface area contributed by atoms with E-state index < -0.39 is 12.1 Å². The van der Waals surface area contributed by atoms with Crippen molar-refractivity contribution in [2.45, 2.75) is 13.1 Å². The molecule has 0 atom stereocenters. The Kier molecular flexibility index (Phi) is 7.48. The Morgan fingerprint density at radius 3 is 2.23 bits per heavy atom. The van der Waals surface area contributed by atoms with E-state index in [4.69, 9.17) is 26.2 Å². The summed E-state index contributed by atoms with van der Waals surface area (Å²) in [5.74, 6) is -2.90. The molecule has 1 aliphatic heterocycles. The third kappa shape index (κ3) is 5.99. The van der Waals surface area contributed by atoms with E-state index in [1.807, 2.05) is 0 Å². The van der Waals surface area contributed by atoms with Gasteiger partial charge in [-0.1, -0.05) is 11.6 Å². The lowest BCUT2D eigenvalue weighted by Gasteiger charge is -2.33. The van der Waals surface area contributed by atoms with Gasteiger partial charge >= 0.3 is 18.2 Å². The Balaban J connectivity index is 0.000000396. The zero-order valence-electron chi connectivity index (χ0n) is 15.7. The van der Waals surface area contributed by atoms with Gasteiger partial charge in [0.1, 0.15) is 11.3 Å². The van der Waals surface area contributed by atoms with Crippen LogP contribution in [0.25, 0.3) is 5.65 Å². The summed E-state index contributed by atoms with van der Waals surface area (Å²) in [4.78, 5) is 40.7. The number of hydrogen-bond acceptors (Lipinski definition) is 5. The fraction of sp³-hybridized carbons (Fsp3) is 0.412. The van der Waals surface area contributed by atoms with E-state index in [-0.39, 0.29) is 12.0 Å². The Morgan fingerprint density at radius 1 is 1.13 bits per heavy atom. The lowest BCUT2D eigenvalue weighted by Crippen LogP contribution is -2.50. The van der Waals surface area contributed by atoms with Crippen molar-refractivity contribution in [2.24, 2.45) is 0 Å². The molecule has 9 nitrogen and oxygen atoms in total. The molecule has 0 bridgehead atoms. The Bertz CT molecular complexity index is 926. The van der Waals surface area contributed by atoms with E-state index in [0.717, 1.165) is 0 Å². The van der Waals surface area contributed by atoms with Gasteiger partial charge in [0, 0.05) is 38.6 Å². The summed E-state index contributed by atoms with van der Waals surface area (Å²) in [5.41, 5.74) is 1.04. The number of carboxylic acids is 1. The molecule has 0 saturated carbocycles. The number of alkyl halides is 3. The van der Waals surface area contributed by atoms with Crippen molar-refractivity contribution in [3.63, 3.8) is 0 Å². The topological polar surface area (TPSA) is 104 Å². The summed E-state index contributed by atoms with van der Waals surface area (Å²) in [6, 6.07) is 3.49. The molecule has 0 radical (unpaired) electrons. The fourth-order valence-electron chi connectivity index (χ4n) is 2.54. The van der Waals surface area contributed by atoms with Crippen LogP contribution in [0.3, 0.4) is 0 Å². The number of carboxylic acid groups (broad SMARTS) is 1. The molecule has 1 fully saturated rings. The van der Waals surface area contributed by atoms with E-state index in [1.54, 1.807) is 45.7 Å². The summed E-state index contributed by atoms with van der Waals surface area (Å²) in [6.07, 6.45) is -2.04. The first-order valence-electron chi connectivity index (χ1n) is 8.68. The van der Waals surface area contributed by atoms with Crippen molar-refractivity contribution in [3.8, 4) is 0 Å². The van der Waals surface area contributed by atoms with Gasteiger partial charge in [-0.25, -0.2) is 14.6 Å². The third-order valence-corrected chi connectivity index (χ3v) is 4.19. The van der Waals surface area contributed by atoms with Crippen LogP contribution in [0.4, 0.5) is 18.0 Å². The molecule has 1 saturated heterocycles. The zero-order chi connectivity index (χ0) is 22.5. The molecule has 0 aliphatic carbocycles. The van der Waals surface area contributed by atoms with Gasteiger partial charge in [-0.2, -0.15) is 13.2 Å². The van der Waals surface area contributed by atoms with Gasteiger partial charge in [0.05, 0.1) is 11.6 Å². The van der Waals surface area contributed by atoms with Gasteiger partial charge < -0.3 is 24.0 Å². The molecule has 164 valence electrons. The van der Waals surface area contributed by atoms with Crippen LogP contribution in [0.2, 0.25) is 5.02 Å². The highest BCUT2D eigenvalue weighted by Crippen LogP contribution is 2.14. The van der Waals surface area contributed by atoms with E-state index in [2.05, 4.69) is 4.98 Å². The highest BCUT2D eigenvalue weighted by atomic mass is 35.5. The maximum absolute atomic E-state index is 12.5. The minimum atomic E-state index is -5.08. The Hall–Kier alpha value is -3.02. The van der Waals surface area contributed by atoms with Gasteiger partial charge in [0.25, 0.3) is 5.91 Å². The highest BCUT2D eigenvalue weighted by Gasteiger charge is 2.38. The van der Waals surface area contributed by atoms with E-state index in [1.165, 1.54) is 0 Å². The van der Waals surface area contributed by atoms with Crippen LogP contribution in [0.15, 0.2) is 24.5 Å². The number of aromatic nitrogens is 2. The number of fused-ring (bicyclic) bond motifs is 1. The average Bonchev–Trinajstić information content (AvgIpc) is 3.10. The second-order valence-electron chi connectivity index (χ2n) is 6.02.